The van der Waals surface area contributed by atoms with E-state index in [0.29, 0.717) is 47.5 Å². The molecule has 1 aromatic heterocycles. The van der Waals surface area contributed by atoms with Crippen molar-refractivity contribution in [2.75, 3.05) is 43.4 Å². The molecule has 2 heterocycles. The zero-order chi connectivity index (χ0) is 23.4. The second-order valence-corrected chi connectivity index (χ2v) is 8.49. The van der Waals surface area contributed by atoms with Crippen LogP contribution in [-0.4, -0.2) is 59.9 Å². The van der Waals surface area contributed by atoms with E-state index < -0.39 is 0 Å². The van der Waals surface area contributed by atoms with Crippen LogP contribution in [0.1, 0.15) is 10.4 Å². The van der Waals surface area contributed by atoms with Crippen LogP contribution in [0.5, 0.6) is 0 Å². The van der Waals surface area contributed by atoms with E-state index in [1.54, 1.807) is 40.4 Å². The highest BCUT2D eigenvalue weighted by molar-refractivity contribution is 6.36. The number of rotatable bonds is 4. The number of piperazine rings is 1. The summed E-state index contributed by atoms with van der Waals surface area (Å²) in [6.07, 6.45) is 3.49. The molecular weight excluding hydrogens is 461 g/mol. The standard InChI is InChI=1S/C24H23Cl2N5O2/c1-29(20-8-10-27-11-9-20)19-5-2-17(3-6-19)23(32)30-12-14-31(15-13-30)24(33)28-22-7-4-18(25)16-21(22)26/h2-11,16H,12-15H2,1H3,(H,28,33). The molecule has 1 aliphatic rings. The minimum atomic E-state index is -0.255. The summed E-state index contributed by atoms with van der Waals surface area (Å²) in [7, 11) is 1.97. The van der Waals surface area contributed by atoms with Crippen LogP contribution in [0.25, 0.3) is 0 Å². The smallest absolute Gasteiger partial charge is 0.322 e. The first kappa shape index (κ1) is 22.9. The lowest BCUT2D eigenvalue weighted by molar-refractivity contribution is 0.0671. The van der Waals surface area contributed by atoms with Crippen molar-refractivity contribution in [2.24, 2.45) is 0 Å². The molecule has 33 heavy (non-hydrogen) atoms. The number of pyridine rings is 1. The monoisotopic (exact) mass is 483 g/mol. The Morgan fingerprint density at radius 2 is 1.48 bits per heavy atom. The van der Waals surface area contributed by atoms with Gasteiger partial charge in [0.25, 0.3) is 5.91 Å². The molecule has 0 bridgehead atoms. The molecule has 170 valence electrons. The quantitative estimate of drug-likeness (QED) is 0.557. The van der Waals surface area contributed by atoms with E-state index in [2.05, 4.69) is 10.3 Å². The zero-order valence-corrected chi connectivity index (χ0v) is 19.6. The van der Waals surface area contributed by atoms with Crippen LogP contribution in [0.2, 0.25) is 10.0 Å². The fourth-order valence-corrected chi connectivity index (χ4v) is 4.08. The number of nitrogens with one attached hydrogen (secondary N) is 1. The van der Waals surface area contributed by atoms with Gasteiger partial charge in [-0.25, -0.2) is 4.79 Å². The van der Waals surface area contributed by atoms with Crippen LogP contribution in [0.4, 0.5) is 21.9 Å². The molecule has 3 amide bonds. The van der Waals surface area contributed by atoms with Crippen LogP contribution in [0.3, 0.4) is 0 Å². The van der Waals surface area contributed by atoms with Crippen molar-refractivity contribution in [3.05, 3.63) is 82.6 Å². The molecule has 0 radical (unpaired) electrons. The van der Waals surface area contributed by atoms with Crippen LogP contribution in [0, 0.1) is 0 Å². The van der Waals surface area contributed by atoms with Crippen molar-refractivity contribution in [2.45, 2.75) is 0 Å². The average Bonchev–Trinajstić information content (AvgIpc) is 2.85. The molecule has 4 rings (SSSR count). The van der Waals surface area contributed by atoms with E-state index >= 15 is 0 Å². The van der Waals surface area contributed by atoms with Gasteiger partial charge in [0.2, 0.25) is 0 Å². The van der Waals surface area contributed by atoms with Crippen molar-refractivity contribution < 1.29 is 9.59 Å². The fraction of sp³-hybridized carbons (Fsp3) is 0.208. The topological polar surface area (TPSA) is 68.8 Å². The first-order valence-corrected chi connectivity index (χ1v) is 11.2. The molecule has 0 unspecified atom stereocenters. The predicted octanol–water partition coefficient (Wildman–Crippen LogP) is 5.15. The third kappa shape index (κ3) is 5.38. The second-order valence-electron chi connectivity index (χ2n) is 7.64. The molecular formula is C24H23Cl2N5O2. The first-order valence-electron chi connectivity index (χ1n) is 10.5. The lowest BCUT2D eigenvalue weighted by Crippen LogP contribution is -2.51. The Morgan fingerprint density at radius 1 is 0.879 bits per heavy atom. The Morgan fingerprint density at radius 3 is 2.12 bits per heavy atom. The average molecular weight is 484 g/mol. The van der Waals surface area contributed by atoms with Gasteiger partial charge in [0.05, 0.1) is 10.7 Å². The number of carbonyl (C=O) groups excluding carboxylic acids is 2. The Kier molecular flexibility index (Phi) is 7.01. The van der Waals surface area contributed by atoms with Gasteiger partial charge in [0, 0.05) is 67.6 Å². The minimum Gasteiger partial charge on any atom is -0.345 e. The molecule has 2 aromatic carbocycles. The number of amides is 3. The number of carbonyl (C=O) groups is 2. The van der Waals surface area contributed by atoms with Gasteiger partial charge in [-0.2, -0.15) is 0 Å². The largest absolute Gasteiger partial charge is 0.345 e. The summed E-state index contributed by atoms with van der Waals surface area (Å²) >= 11 is 12.0. The maximum absolute atomic E-state index is 13.0. The molecule has 1 N–H and O–H groups in total. The molecule has 1 fully saturated rings. The molecule has 9 heteroatoms. The number of hydrogen-bond acceptors (Lipinski definition) is 4. The number of halogens is 2. The summed E-state index contributed by atoms with van der Waals surface area (Å²) in [5, 5.41) is 3.68. The number of nitrogens with zero attached hydrogens (tertiary/aromatic N) is 4. The third-order valence-corrected chi connectivity index (χ3v) is 6.13. The van der Waals surface area contributed by atoms with Crippen molar-refractivity contribution >= 4 is 52.2 Å². The van der Waals surface area contributed by atoms with Crippen molar-refractivity contribution in [3.8, 4) is 0 Å². The molecule has 0 saturated carbocycles. The van der Waals surface area contributed by atoms with E-state index in [-0.39, 0.29) is 11.9 Å². The highest BCUT2D eigenvalue weighted by Gasteiger charge is 2.25. The molecule has 0 spiro atoms. The highest BCUT2D eigenvalue weighted by atomic mass is 35.5. The highest BCUT2D eigenvalue weighted by Crippen LogP contribution is 2.26. The van der Waals surface area contributed by atoms with E-state index in [1.165, 1.54) is 0 Å². The second kappa shape index (κ2) is 10.1. The number of hydrogen-bond donors (Lipinski definition) is 1. The van der Waals surface area contributed by atoms with Crippen molar-refractivity contribution in [1.29, 1.82) is 0 Å². The lowest BCUT2D eigenvalue weighted by Gasteiger charge is -2.34. The molecule has 1 aliphatic heterocycles. The SMILES string of the molecule is CN(c1ccncc1)c1ccc(C(=O)N2CCN(C(=O)Nc3ccc(Cl)cc3Cl)CC2)cc1. The fourth-order valence-electron chi connectivity index (χ4n) is 3.62. The van der Waals surface area contributed by atoms with Crippen LogP contribution in [-0.2, 0) is 0 Å². The summed E-state index contributed by atoms with van der Waals surface area (Å²) in [5.74, 6) is -0.0473. The summed E-state index contributed by atoms with van der Waals surface area (Å²) in [6.45, 7) is 1.79. The summed E-state index contributed by atoms with van der Waals surface area (Å²) in [4.78, 5) is 35.0. The third-order valence-electron chi connectivity index (χ3n) is 5.58. The number of urea groups is 1. The molecule has 7 nitrogen and oxygen atoms in total. The van der Waals surface area contributed by atoms with E-state index in [0.717, 1.165) is 11.4 Å². The van der Waals surface area contributed by atoms with E-state index in [9.17, 15) is 9.59 Å². The number of anilines is 3. The van der Waals surface area contributed by atoms with Gasteiger partial charge in [-0.15, -0.1) is 0 Å². The molecule has 0 aliphatic carbocycles. The first-order chi connectivity index (χ1) is 15.9. The molecule has 0 atom stereocenters. The van der Waals surface area contributed by atoms with E-state index in [1.807, 2.05) is 48.3 Å². The Balaban J connectivity index is 1.33. The molecule has 1 saturated heterocycles. The van der Waals surface area contributed by atoms with Crippen molar-refractivity contribution in [3.63, 3.8) is 0 Å². The zero-order valence-electron chi connectivity index (χ0n) is 18.0. The summed E-state index contributed by atoms with van der Waals surface area (Å²) < 4.78 is 0. The summed E-state index contributed by atoms with van der Waals surface area (Å²) in [5.41, 5.74) is 3.10. The minimum absolute atomic E-state index is 0.0473. The van der Waals surface area contributed by atoms with Gasteiger partial charge in [-0.3, -0.25) is 9.78 Å². The van der Waals surface area contributed by atoms with Gasteiger partial charge in [-0.05, 0) is 54.6 Å². The normalized spacial score (nSPS) is 13.5. The van der Waals surface area contributed by atoms with Crippen LogP contribution >= 0.6 is 23.2 Å². The number of benzene rings is 2. The Labute approximate surface area is 202 Å². The van der Waals surface area contributed by atoms with Crippen molar-refractivity contribution in [1.82, 2.24) is 14.8 Å². The molecule has 3 aromatic rings. The van der Waals surface area contributed by atoms with Gasteiger partial charge >= 0.3 is 6.03 Å². The van der Waals surface area contributed by atoms with Crippen LogP contribution in [0.15, 0.2) is 67.0 Å². The van der Waals surface area contributed by atoms with Gasteiger partial charge in [0.15, 0.2) is 0 Å². The maximum atomic E-state index is 13.0. The van der Waals surface area contributed by atoms with E-state index in [4.69, 9.17) is 23.2 Å². The Hall–Kier alpha value is -3.29. The Bertz CT molecular complexity index is 1130. The maximum Gasteiger partial charge on any atom is 0.322 e. The number of aromatic nitrogens is 1. The lowest BCUT2D eigenvalue weighted by atomic mass is 10.1. The predicted molar refractivity (Wildman–Crippen MR) is 132 cm³/mol. The summed E-state index contributed by atoms with van der Waals surface area (Å²) in [6, 6.07) is 16.0. The van der Waals surface area contributed by atoms with Gasteiger partial charge in [0.1, 0.15) is 0 Å². The van der Waals surface area contributed by atoms with Crippen LogP contribution < -0.4 is 10.2 Å². The van der Waals surface area contributed by atoms with Gasteiger partial charge in [-0.1, -0.05) is 23.2 Å². The van der Waals surface area contributed by atoms with Gasteiger partial charge < -0.3 is 20.0 Å².